The van der Waals surface area contributed by atoms with Gasteiger partial charge in [0, 0.05) is 24.2 Å². The van der Waals surface area contributed by atoms with E-state index in [2.05, 4.69) is 53.7 Å². The summed E-state index contributed by atoms with van der Waals surface area (Å²) < 4.78 is 0. The van der Waals surface area contributed by atoms with E-state index in [1.165, 1.54) is 16.7 Å². The molecule has 0 aromatic heterocycles. The largest absolute Gasteiger partial charge is 0.309 e. The number of fused-ring (bicyclic) bond motifs is 1. The van der Waals surface area contributed by atoms with Crippen molar-refractivity contribution in [3.05, 3.63) is 70.2 Å². The normalized spacial score (nSPS) is 17.8. The molecule has 1 heterocycles. The van der Waals surface area contributed by atoms with E-state index in [4.69, 9.17) is 11.6 Å². The maximum Gasteiger partial charge on any atom is 0.0452 e. The highest BCUT2D eigenvalue weighted by atomic mass is 35.5. The molecule has 2 aromatic carbocycles. The minimum atomic E-state index is 0.423. The summed E-state index contributed by atoms with van der Waals surface area (Å²) in [6.45, 7) is 3.02. The minimum Gasteiger partial charge on any atom is -0.309 e. The first-order valence-electron chi connectivity index (χ1n) is 7.46. The lowest BCUT2D eigenvalue weighted by molar-refractivity contribution is 0.278. The van der Waals surface area contributed by atoms with E-state index < -0.39 is 0 Å². The van der Waals surface area contributed by atoms with Crippen molar-refractivity contribution in [3.63, 3.8) is 0 Å². The molecule has 0 fully saturated rings. The Morgan fingerprint density at radius 3 is 2.71 bits per heavy atom. The fourth-order valence-electron chi connectivity index (χ4n) is 3.03. The molecule has 0 radical (unpaired) electrons. The SMILES string of the molecule is CN(Cc1ccc(Cl)cc1)CC1NCCc2ccccc21. The summed E-state index contributed by atoms with van der Waals surface area (Å²) in [7, 11) is 2.17. The van der Waals surface area contributed by atoms with Crippen LogP contribution in [0.1, 0.15) is 22.7 Å². The van der Waals surface area contributed by atoms with Crippen LogP contribution in [-0.4, -0.2) is 25.0 Å². The van der Waals surface area contributed by atoms with Crippen molar-refractivity contribution in [2.75, 3.05) is 20.1 Å². The molecule has 1 unspecified atom stereocenters. The van der Waals surface area contributed by atoms with E-state index >= 15 is 0 Å². The molecule has 3 heteroatoms. The van der Waals surface area contributed by atoms with Gasteiger partial charge in [0.15, 0.2) is 0 Å². The molecule has 21 heavy (non-hydrogen) atoms. The molecule has 1 aliphatic heterocycles. The highest BCUT2D eigenvalue weighted by Gasteiger charge is 2.20. The molecule has 2 aromatic rings. The molecule has 0 bridgehead atoms. The predicted octanol–water partition coefficient (Wildman–Crippen LogP) is 3.66. The van der Waals surface area contributed by atoms with Crippen molar-refractivity contribution in [1.29, 1.82) is 0 Å². The third-order valence-electron chi connectivity index (χ3n) is 4.08. The minimum absolute atomic E-state index is 0.423. The van der Waals surface area contributed by atoms with Gasteiger partial charge < -0.3 is 10.2 Å². The zero-order valence-electron chi connectivity index (χ0n) is 12.3. The van der Waals surface area contributed by atoms with E-state index in [0.29, 0.717) is 6.04 Å². The maximum absolute atomic E-state index is 5.94. The van der Waals surface area contributed by atoms with E-state index in [9.17, 15) is 0 Å². The molecule has 1 aliphatic rings. The second-order valence-corrected chi connectivity index (χ2v) is 6.22. The van der Waals surface area contributed by atoms with Gasteiger partial charge in [-0.2, -0.15) is 0 Å². The zero-order chi connectivity index (χ0) is 14.7. The highest BCUT2D eigenvalue weighted by Crippen LogP contribution is 2.23. The van der Waals surface area contributed by atoms with Crippen LogP contribution in [0.15, 0.2) is 48.5 Å². The van der Waals surface area contributed by atoms with Crippen LogP contribution in [0.25, 0.3) is 0 Å². The lowest BCUT2D eigenvalue weighted by atomic mass is 9.94. The van der Waals surface area contributed by atoms with Crippen molar-refractivity contribution in [1.82, 2.24) is 10.2 Å². The molecule has 110 valence electrons. The Bertz CT molecular complexity index is 594. The third-order valence-corrected chi connectivity index (χ3v) is 4.33. The number of likely N-dealkylation sites (N-methyl/N-ethyl adjacent to an activating group) is 1. The van der Waals surface area contributed by atoms with Crippen LogP contribution in [0.2, 0.25) is 5.02 Å². The Morgan fingerprint density at radius 2 is 1.90 bits per heavy atom. The number of hydrogen-bond acceptors (Lipinski definition) is 2. The number of nitrogens with zero attached hydrogens (tertiary/aromatic N) is 1. The van der Waals surface area contributed by atoms with Crippen LogP contribution in [0.4, 0.5) is 0 Å². The van der Waals surface area contributed by atoms with Crippen molar-refractivity contribution >= 4 is 11.6 Å². The molecule has 3 rings (SSSR count). The summed E-state index contributed by atoms with van der Waals surface area (Å²) in [5.41, 5.74) is 4.24. The van der Waals surface area contributed by atoms with Gasteiger partial charge in [-0.05, 0) is 48.8 Å². The average molecular weight is 301 g/mol. The second kappa shape index (κ2) is 6.61. The van der Waals surface area contributed by atoms with Gasteiger partial charge in [-0.1, -0.05) is 48.0 Å². The molecule has 0 amide bonds. The summed E-state index contributed by atoms with van der Waals surface area (Å²) in [6.07, 6.45) is 1.13. The summed E-state index contributed by atoms with van der Waals surface area (Å²) in [6, 6.07) is 17.3. The molecule has 0 saturated carbocycles. The van der Waals surface area contributed by atoms with E-state index in [1.54, 1.807) is 0 Å². The Balaban J connectivity index is 1.65. The van der Waals surface area contributed by atoms with Crippen molar-refractivity contribution in [2.24, 2.45) is 0 Å². The average Bonchev–Trinajstić information content (AvgIpc) is 2.50. The van der Waals surface area contributed by atoms with Crippen LogP contribution >= 0.6 is 11.6 Å². The number of halogens is 1. The topological polar surface area (TPSA) is 15.3 Å². The molecular formula is C18H21ClN2. The van der Waals surface area contributed by atoms with Gasteiger partial charge in [0.05, 0.1) is 0 Å². The Labute approximate surface area is 131 Å². The monoisotopic (exact) mass is 300 g/mol. The summed E-state index contributed by atoms with van der Waals surface area (Å²) in [5.74, 6) is 0. The Morgan fingerprint density at radius 1 is 1.14 bits per heavy atom. The number of nitrogens with one attached hydrogen (secondary N) is 1. The van der Waals surface area contributed by atoms with Crippen LogP contribution in [0.5, 0.6) is 0 Å². The Hall–Kier alpha value is -1.35. The fourth-order valence-corrected chi connectivity index (χ4v) is 3.16. The van der Waals surface area contributed by atoms with Gasteiger partial charge in [-0.25, -0.2) is 0 Å². The lowest BCUT2D eigenvalue weighted by Crippen LogP contribution is -2.37. The first-order valence-corrected chi connectivity index (χ1v) is 7.84. The third kappa shape index (κ3) is 3.65. The number of hydrogen-bond donors (Lipinski definition) is 1. The quantitative estimate of drug-likeness (QED) is 0.927. The second-order valence-electron chi connectivity index (χ2n) is 5.78. The van der Waals surface area contributed by atoms with Crippen LogP contribution in [0.3, 0.4) is 0 Å². The summed E-state index contributed by atoms with van der Waals surface area (Å²) in [4.78, 5) is 2.36. The lowest BCUT2D eigenvalue weighted by Gasteiger charge is -2.30. The number of benzene rings is 2. The Kier molecular flexibility index (Phi) is 4.59. The standard InChI is InChI=1S/C18H21ClN2/c1-21(12-14-6-8-16(19)9-7-14)13-18-17-5-3-2-4-15(17)10-11-20-18/h2-9,18,20H,10-13H2,1H3. The van der Waals surface area contributed by atoms with Gasteiger partial charge in [-0.3, -0.25) is 0 Å². The van der Waals surface area contributed by atoms with Crippen molar-refractivity contribution in [2.45, 2.75) is 19.0 Å². The zero-order valence-corrected chi connectivity index (χ0v) is 13.1. The first-order chi connectivity index (χ1) is 10.2. The summed E-state index contributed by atoms with van der Waals surface area (Å²) in [5, 5.41) is 4.43. The van der Waals surface area contributed by atoms with Crippen molar-refractivity contribution < 1.29 is 0 Å². The first kappa shape index (κ1) is 14.6. The molecule has 2 nitrogen and oxygen atoms in total. The van der Waals surface area contributed by atoms with E-state index in [-0.39, 0.29) is 0 Å². The molecule has 0 aliphatic carbocycles. The highest BCUT2D eigenvalue weighted by molar-refractivity contribution is 6.30. The van der Waals surface area contributed by atoms with Gasteiger partial charge in [0.1, 0.15) is 0 Å². The van der Waals surface area contributed by atoms with E-state index in [1.807, 2.05) is 12.1 Å². The van der Waals surface area contributed by atoms with Crippen LogP contribution < -0.4 is 5.32 Å². The number of rotatable bonds is 4. The van der Waals surface area contributed by atoms with Crippen LogP contribution in [0, 0.1) is 0 Å². The maximum atomic E-state index is 5.94. The van der Waals surface area contributed by atoms with E-state index in [0.717, 1.165) is 31.1 Å². The van der Waals surface area contributed by atoms with Crippen molar-refractivity contribution in [3.8, 4) is 0 Å². The predicted molar refractivity (Wildman–Crippen MR) is 88.7 cm³/mol. The van der Waals surface area contributed by atoms with Gasteiger partial charge in [0.25, 0.3) is 0 Å². The smallest absolute Gasteiger partial charge is 0.0452 e. The van der Waals surface area contributed by atoms with Gasteiger partial charge in [-0.15, -0.1) is 0 Å². The summed E-state index contributed by atoms with van der Waals surface area (Å²) >= 11 is 5.94. The molecule has 0 spiro atoms. The molecule has 1 N–H and O–H groups in total. The van der Waals surface area contributed by atoms with Gasteiger partial charge >= 0.3 is 0 Å². The molecular weight excluding hydrogens is 280 g/mol. The molecule has 1 atom stereocenters. The fraction of sp³-hybridized carbons (Fsp3) is 0.333. The van der Waals surface area contributed by atoms with Crippen LogP contribution in [-0.2, 0) is 13.0 Å². The molecule has 0 saturated heterocycles. The van der Waals surface area contributed by atoms with Gasteiger partial charge in [0.2, 0.25) is 0 Å².